The molecule has 0 aromatic heterocycles. The first kappa shape index (κ1) is 14.1. The van der Waals surface area contributed by atoms with Gasteiger partial charge in [0.25, 0.3) is 0 Å². The fraction of sp³-hybridized carbons (Fsp3) is 0.250. The molecule has 0 N–H and O–H groups in total. The molecular weight excluding hydrogens is 249 g/mol. The minimum absolute atomic E-state index is 0.122. The van der Waals surface area contributed by atoms with Gasteiger partial charge in [-0.1, -0.05) is 6.07 Å². The van der Waals surface area contributed by atoms with Gasteiger partial charge in [-0.25, -0.2) is 4.79 Å². The number of ether oxygens (including phenoxy) is 2. The van der Waals surface area contributed by atoms with E-state index in [0.717, 1.165) is 12.1 Å². The van der Waals surface area contributed by atoms with E-state index in [1.165, 1.54) is 12.1 Å². The molecule has 0 bridgehead atoms. The third kappa shape index (κ3) is 3.80. The van der Waals surface area contributed by atoms with Gasteiger partial charge in [-0.2, -0.15) is 13.2 Å². The number of hydrogen-bond acceptors (Lipinski definition) is 3. The summed E-state index contributed by atoms with van der Waals surface area (Å²) in [5.41, 5.74) is -0.864. The maximum atomic E-state index is 12.4. The number of carbonyl (C=O) groups is 1. The highest BCUT2D eigenvalue weighted by Crippen LogP contribution is 2.31. The van der Waals surface area contributed by atoms with Crippen molar-refractivity contribution in [2.75, 3.05) is 6.61 Å². The van der Waals surface area contributed by atoms with Crippen molar-refractivity contribution >= 4 is 5.97 Å². The fourth-order valence-corrected chi connectivity index (χ4v) is 1.13. The van der Waals surface area contributed by atoms with Crippen LogP contribution in [0.15, 0.2) is 36.6 Å². The highest BCUT2D eigenvalue weighted by atomic mass is 19.4. The monoisotopic (exact) mass is 260 g/mol. The van der Waals surface area contributed by atoms with Crippen molar-refractivity contribution in [1.29, 1.82) is 0 Å². The minimum Gasteiger partial charge on any atom is -0.460 e. The molecule has 3 nitrogen and oxygen atoms in total. The van der Waals surface area contributed by atoms with E-state index in [4.69, 9.17) is 4.74 Å². The molecule has 1 rings (SSSR count). The van der Waals surface area contributed by atoms with Gasteiger partial charge in [0.1, 0.15) is 5.75 Å². The van der Waals surface area contributed by atoms with Crippen molar-refractivity contribution in [3.8, 4) is 5.75 Å². The molecule has 0 radical (unpaired) electrons. The van der Waals surface area contributed by atoms with Gasteiger partial charge in [-0.15, -0.1) is 0 Å². The number of benzene rings is 1. The lowest BCUT2D eigenvalue weighted by Gasteiger charge is -2.10. The van der Waals surface area contributed by atoms with E-state index in [9.17, 15) is 18.0 Å². The lowest BCUT2D eigenvalue weighted by Crippen LogP contribution is -2.12. The Morgan fingerprint density at radius 2 is 2.06 bits per heavy atom. The van der Waals surface area contributed by atoms with E-state index in [-0.39, 0.29) is 18.1 Å². The summed E-state index contributed by atoms with van der Waals surface area (Å²) >= 11 is 0. The highest BCUT2D eigenvalue weighted by Gasteiger charge is 2.30. The van der Waals surface area contributed by atoms with Gasteiger partial charge >= 0.3 is 12.1 Å². The summed E-state index contributed by atoms with van der Waals surface area (Å²) in [5, 5.41) is 0. The molecule has 0 heterocycles. The van der Waals surface area contributed by atoms with Crippen LogP contribution in [-0.2, 0) is 15.7 Å². The zero-order valence-electron chi connectivity index (χ0n) is 9.58. The van der Waals surface area contributed by atoms with Crippen molar-refractivity contribution in [2.45, 2.75) is 13.1 Å². The Morgan fingerprint density at radius 3 is 2.61 bits per heavy atom. The Bertz CT molecular complexity index is 452. The Hall–Kier alpha value is -1.98. The molecule has 0 saturated carbocycles. The van der Waals surface area contributed by atoms with Crippen LogP contribution in [0.1, 0.15) is 12.5 Å². The second-order valence-electron chi connectivity index (χ2n) is 3.27. The maximum Gasteiger partial charge on any atom is 0.416 e. The van der Waals surface area contributed by atoms with Crippen molar-refractivity contribution in [3.63, 3.8) is 0 Å². The molecule has 0 aliphatic carbocycles. The highest BCUT2D eigenvalue weighted by molar-refractivity contribution is 5.86. The molecule has 18 heavy (non-hydrogen) atoms. The molecule has 0 unspecified atom stereocenters. The van der Waals surface area contributed by atoms with Gasteiger partial charge in [0.05, 0.1) is 12.2 Å². The molecule has 6 heteroatoms. The summed E-state index contributed by atoms with van der Waals surface area (Å²) in [6, 6.07) is 4.15. The zero-order chi connectivity index (χ0) is 13.8. The van der Waals surface area contributed by atoms with Crippen LogP contribution in [0.5, 0.6) is 5.75 Å². The lowest BCUT2D eigenvalue weighted by molar-refractivity contribution is -0.140. The molecule has 98 valence electrons. The van der Waals surface area contributed by atoms with E-state index in [0.29, 0.717) is 0 Å². The van der Waals surface area contributed by atoms with Gasteiger partial charge in [0, 0.05) is 0 Å². The first-order valence-electron chi connectivity index (χ1n) is 5.05. The van der Waals surface area contributed by atoms with E-state index in [1.54, 1.807) is 6.92 Å². The molecule has 0 saturated heterocycles. The number of halogens is 3. The summed E-state index contributed by atoms with van der Waals surface area (Å²) < 4.78 is 46.7. The first-order chi connectivity index (χ1) is 8.34. The normalized spacial score (nSPS) is 10.9. The summed E-state index contributed by atoms with van der Waals surface area (Å²) in [5.74, 6) is -1.30. The lowest BCUT2D eigenvalue weighted by atomic mass is 10.2. The van der Waals surface area contributed by atoms with Crippen LogP contribution in [0.3, 0.4) is 0 Å². The summed E-state index contributed by atoms with van der Waals surface area (Å²) in [4.78, 5) is 11.2. The van der Waals surface area contributed by atoms with Crippen LogP contribution < -0.4 is 4.74 Å². The van der Waals surface area contributed by atoms with Gasteiger partial charge in [0.15, 0.2) is 0 Å². The average molecular weight is 260 g/mol. The van der Waals surface area contributed by atoms with Crippen LogP contribution >= 0.6 is 0 Å². The molecule has 0 amide bonds. The van der Waals surface area contributed by atoms with Crippen molar-refractivity contribution in [1.82, 2.24) is 0 Å². The van der Waals surface area contributed by atoms with Crippen LogP contribution in [0.25, 0.3) is 0 Å². The molecular formula is C12H11F3O3. The summed E-state index contributed by atoms with van der Waals surface area (Å²) in [7, 11) is 0. The fourth-order valence-electron chi connectivity index (χ4n) is 1.13. The van der Waals surface area contributed by atoms with Crippen molar-refractivity contribution < 1.29 is 27.4 Å². The van der Waals surface area contributed by atoms with E-state index in [2.05, 4.69) is 11.3 Å². The second kappa shape index (κ2) is 5.57. The van der Waals surface area contributed by atoms with Crippen LogP contribution in [0.2, 0.25) is 0 Å². The molecule has 0 spiro atoms. The third-order valence-corrected chi connectivity index (χ3v) is 1.91. The molecule has 0 fully saturated rings. The van der Waals surface area contributed by atoms with Crippen molar-refractivity contribution in [2.24, 2.45) is 0 Å². The minimum atomic E-state index is -4.47. The Labute approximate surface area is 102 Å². The van der Waals surface area contributed by atoms with Gasteiger partial charge < -0.3 is 9.47 Å². The predicted molar refractivity (Wildman–Crippen MR) is 57.8 cm³/mol. The summed E-state index contributed by atoms with van der Waals surface area (Å²) in [6.07, 6.45) is -4.47. The maximum absolute atomic E-state index is 12.4. The third-order valence-electron chi connectivity index (χ3n) is 1.91. The molecule has 1 aromatic rings. The van der Waals surface area contributed by atoms with Crippen LogP contribution in [0.4, 0.5) is 13.2 Å². The number of esters is 1. The topological polar surface area (TPSA) is 35.5 Å². The second-order valence-corrected chi connectivity index (χ2v) is 3.27. The number of alkyl halides is 3. The van der Waals surface area contributed by atoms with E-state index in [1.807, 2.05) is 0 Å². The number of rotatable bonds is 4. The van der Waals surface area contributed by atoms with Gasteiger partial charge in [0.2, 0.25) is 5.76 Å². The Balaban J connectivity index is 2.80. The quantitative estimate of drug-likeness (QED) is 0.474. The van der Waals surface area contributed by atoms with Crippen LogP contribution in [0, 0.1) is 0 Å². The Morgan fingerprint density at radius 1 is 1.39 bits per heavy atom. The van der Waals surface area contributed by atoms with E-state index < -0.39 is 17.7 Å². The molecule has 1 aromatic carbocycles. The zero-order valence-corrected chi connectivity index (χ0v) is 9.58. The standard InChI is InChI=1S/C12H11F3O3/c1-3-17-11(16)8(2)18-10-6-4-5-9(7-10)12(13,14)15/h4-7H,2-3H2,1H3. The Kier molecular flexibility index (Phi) is 4.36. The van der Waals surface area contributed by atoms with Crippen LogP contribution in [-0.4, -0.2) is 12.6 Å². The molecule has 0 aliphatic heterocycles. The predicted octanol–water partition coefficient (Wildman–Crippen LogP) is 3.16. The van der Waals surface area contributed by atoms with Crippen molar-refractivity contribution in [3.05, 3.63) is 42.2 Å². The largest absolute Gasteiger partial charge is 0.460 e. The molecule has 0 atom stereocenters. The van der Waals surface area contributed by atoms with Gasteiger partial charge in [-0.3, -0.25) is 0 Å². The first-order valence-corrected chi connectivity index (χ1v) is 5.05. The number of carbonyl (C=O) groups excluding carboxylic acids is 1. The number of hydrogen-bond donors (Lipinski definition) is 0. The van der Waals surface area contributed by atoms with E-state index >= 15 is 0 Å². The smallest absolute Gasteiger partial charge is 0.416 e. The van der Waals surface area contributed by atoms with Gasteiger partial charge in [-0.05, 0) is 31.7 Å². The molecule has 0 aliphatic rings. The SMILES string of the molecule is C=C(Oc1cccc(C(F)(F)F)c1)C(=O)OCC. The average Bonchev–Trinajstić information content (AvgIpc) is 2.28. The summed E-state index contributed by atoms with van der Waals surface area (Å²) in [6.45, 7) is 5.00.